The Morgan fingerprint density at radius 1 is 1.03 bits per heavy atom. The molecule has 1 N–H and O–H groups in total. The van der Waals surface area contributed by atoms with Gasteiger partial charge in [0.25, 0.3) is 0 Å². The first-order chi connectivity index (χ1) is 17.7. The van der Waals surface area contributed by atoms with Gasteiger partial charge in [-0.25, -0.2) is 4.39 Å². The summed E-state index contributed by atoms with van der Waals surface area (Å²) in [5.74, 6) is -0.406. The molecule has 4 heteroatoms. The topological polar surface area (TPSA) is 46.5 Å². The van der Waals surface area contributed by atoms with Crippen LogP contribution in [0.25, 0.3) is 16.7 Å². The summed E-state index contributed by atoms with van der Waals surface area (Å²) in [4.78, 5) is 11.6. The van der Waals surface area contributed by atoms with Gasteiger partial charge in [0.2, 0.25) is 0 Å². The third-order valence-electron chi connectivity index (χ3n) is 8.87. The highest BCUT2D eigenvalue weighted by Crippen LogP contribution is 2.62. The van der Waals surface area contributed by atoms with E-state index in [0.717, 1.165) is 65.7 Å². The summed E-state index contributed by atoms with van der Waals surface area (Å²) in [6, 6.07) is 17.6. The second-order valence-electron chi connectivity index (χ2n) is 11.8. The van der Waals surface area contributed by atoms with Crippen molar-refractivity contribution in [1.82, 2.24) is 0 Å². The lowest BCUT2D eigenvalue weighted by molar-refractivity contribution is -0.139. The average molecular weight is 497 g/mol. The number of fused-ring (bicyclic) bond motifs is 2. The molecule has 37 heavy (non-hydrogen) atoms. The van der Waals surface area contributed by atoms with Crippen LogP contribution in [0, 0.1) is 24.1 Å². The van der Waals surface area contributed by atoms with Crippen LogP contribution in [0.15, 0.2) is 60.7 Å². The van der Waals surface area contributed by atoms with Gasteiger partial charge in [-0.05, 0) is 108 Å². The lowest BCUT2D eigenvalue weighted by atomic mass is 9.79. The molecule has 0 heterocycles. The molecule has 190 valence electrons. The Bertz CT molecular complexity index is 1450. The Labute approximate surface area is 218 Å². The van der Waals surface area contributed by atoms with Crippen molar-refractivity contribution >= 4 is 11.5 Å². The Morgan fingerprint density at radius 3 is 2.59 bits per heavy atom. The van der Waals surface area contributed by atoms with Crippen LogP contribution in [0.4, 0.5) is 4.39 Å². The van der Waals surface area contributed by atoms with Crippen molar-refractivity contribution in [1.29, 1.82) is 0 Å². The van der Waals surface area contributed by atoms with Gasteiger partial charge in [-0.1, -0.05) is 49.8 Å². The predicted octanol–water partition coefficient (Wildman–Crippen LogP) is 7.87. The third kappa shape index (κ3) is 4.07. The van der Waals surface area contributed by atoms with Crippen molar-refractivity contribution < 1.29 is 19.0 Å². The molecule has 1 fully saturated rings. The Hall–Kier alpha value is -3.40. The fourth-order valence-electron chi connectivity index (χ4n) is 6.64. The number of benzene rings is 3. The number of carboxylic acids is 1. The molecule has 3 aromatic carbocycles. The quantitative estimate of drug-likeness (QED) is 0.378. The van der Waals surface area contributed by atoms with Gasteiger partial charge in [0.1, 0.15) is 18.2 Å². The molecular weight excluding hydrogens is 463 g/mol. The maximum absolute atomic E-state index is 15.0. The lowest BCUT2D eigenvalue weighted by Crippen LogP contribution is -2.12. The van der Waals surface area contributed by atoms with Crippen LogP contribution in [0.2, 0.25) is 0 Å². The van der Waals surface area contributed by atoms with E-state index < -0.39 is 5.97 Å². The fourth-order valence-corrected chi connectivity index (χ4v) is 6.64. The van der Waals surface area contributed by atoms with Gasteiger partial charge >= 0.3 is 5.97 Å². The van der Waals surface area contributed by atoms with Gasteiger partial charge in [-0.15, -0.1) is 0 Å². The van der Waals surface area contributed by atoms with Crippen LogP contribution >= 0.6 is 0 Å². The molecular formula is C33H33FO3. The first kappa shape index (κ1) is 24.0. The monoisotopic (exact) mass is 496 g/mol. The first-order valence-electron chi connectivity index (χ1n) is 13.3. The van der Waals surface area contributed by atoms with Crippen LogP contribution in [0.5, 0.6) is 5.75 Å². The summed E-state index contributed by atoms with van der Waals surface area (Å²) in [5, 5.41) is 9.56. The average Bonchev–Trinajstić information content (AvgIpc) is 3.36. The number of halogens is 1. The van der Waals surface area contributed by atoms with Crippen molar-refractivity contribution in [2.75, 3.05) is 0 Å². The number of hydrogen-bond donors (Lipinski definition) is 1. The molecule has 1 saturated carbocycles. The summed E-state index contributed by atoms with van der Waals surface area (Å²) in [7, 11) is 0. The normalized spacial score (nSPS) is 23.1. The number of ether oxygens (including phenoxy) is 1. The van der Waals surface area contributed by atoms with Gasteiger partial charge in [-0.3, -0.25) is 4.79 Å². The Morgan fingerprint density at radius 2 is 1.86 bits per heavy atom. The second kappa shape index (κ2) is 8.58. The molecule has 0 aromatic heterocycles. The van der Waals surface area contributed by atoms with E-state index in [4.69, 9.17) is 4.74 Å². The van der Waals surface area contributed by atoms with Crippen LogP contribution < -0.4 is 4.74 Å². The molecule has 0 radical (unpaired) electrons. The molecule has 3 aliphatic carbocycles. The van der Waals surface area contributed by atoms with Crippen molar-refractivity contribution in [2.24, 2.45) is 11.3 Å². The molecule has 2 atom stereocenters. The van der Waals surface area contributed by atoms with Crippen LogP contribution in [-0.4, -0.2) is 11.1 Å². The molecule has 3 nitrogen and oxygen atoms in total. The number of rotatable bonds is 6. The zero-order valence-electron chi connectivity index (χ0n) is 21.7. The van der Waals surface area contributed by atoms with Crippen LogP contribution in [0.1, 0.15) is 67.3 Å². The number of allylic oxidation sites excluding steroid dienone is 2. The lowest BCUT2D eigenvalue weighted by Gasteiger charge is -2.25. The molecule has 3 aliphatic rings. The maximum Gasteiger partial charge on any atom is 0.307 e. The molecule has 0 unspecified atom stereocenters. The summed E-state index contributed by atoms with van der Waals surface area (Å²) >= 11 is 0. The molecule has 6 rings (SSSR count). The molecule has 0 aliphatic heterocycles. The molecule has 3 aromatic rings. The van der Waals surface area contributed by atoms with E-state index in [0.29, 0.717) is 12.2 Å². The number of carboxylic acid groups (broad SMARTS) is 1. The highest BCUT2D eigenvalue weighted by Gasteiger charge is 2.61. The number of carbonyl (C=O) groups is 1. The van der Waals surface area contributed by atoms with Crippen molar-refractivity contribution in [3.63, 3.8) is 0 Å². The van der Waals surface area contributed by atoms with Crippen molar-refractivity contribution in [3.05, 3.63) is 94.3 Å². The van der Waals surface area contributed by atoms with Gasteiger partial charge in [-0.2, -0.15) is 0 Å². The minimum Gasteiger partial charge on any atom is -0.489 e. The fraction of sp³-hybridized carbons (Fsp3) is 0.364. The van der Waals surface area contributed by atoms with E-state index in [1.807, 2.05) is 31.2 Å². The van der Waals surface area contributed by atoms with Crippen molar-refractivity contribution in [3.8, 4) is 16.9 Å². The first-order valence-corrected chi connectivity index (χ1v) is 13.3. The van der Waals surface area contributed by atoms with E-state index in [1.165, 1.54) is 11.1 Å². The van der Waals surface area contributed by atoms with Crippen molar-refractivity contribution in [2.45, 2.75) is 64.9 Å². The second-order valence-corrected chi connectivity index (χ2v) is 11.8. The summed E-state index contributed by atoms with van der Waals surface area (Å²) in [6.45, 7) is 6.90. The predicted molar refractivity (Wildman–Crippen MR) is 144 cm³/mol. The third-order valence-corrected chi connectivity index (χ3v) is 8.87. The zero-order valence-corrected chi connectivity index (χ0v) is 21.7. The van der Waals surface area contributed by atoms with Gasteiger partial charge < -0.3 is 9.84 Å². The molecule has 0 bridgehead atoms. The van der Waals surface area contributed by atoms with Crippen LogP contribution in [-0.2, 0) is 23.2 Å². The Balaban J connectivity index is 1.31. The van der Waals surface area contributed by atoms with E-state index >= 15 is 0 Å². The van der Waals surface area contributed by atoms with Gasteiger partial charge in [0.15, 0.2) is 0 Å². The largest absolute Gasteiger partial charge is 0.489 e. The number of hydrogen-bond acceptors (Lipinski definition) is 2. The maximum atomic E-state index is 15.0. The molecule has 0 saturated heterocycles. The zero-order chi connectivity index (χ0) is 25.9. The smallest absolute Gasteiger partial charge is 0.307 e. The highest BCUT2D eigenvalue weighted by atomic mass is 19.1. The minimum atomic E-state index is -0.694. The van der Waals surface area contributed by atoms with E-state index in [9.17, 15) is 14.3 Å². The minimum absolute atomic E-state index is 0.0216. The number of aliphatic carboxylic acids is 1. The van der Waals surface area contributed by atoms with E-state index in [-0.39, 0.29) is 22.6 Å². The van der Waals surface area contributed by atoms with E-state index in [1.54, 1.807) is 12.1 Å². The van der Waals surface area contributed by atoms with Gasteiger partial charge in [0.05, 0.1) is 5.92 Å². The molecule has 1 spiro atoms. The number of aryl methyl sites for hydroxylation is 2. The highest BCUT2D eigenvalue weighted by molar-refractivity contribution is 5.85. The molecule has 0 amide bonds. The Kier molecular flexibility index (Phi) is 5.56. The summed E-state index contributed by atoms with van der Waals surface area (Å²) in [6.07, 6.45) is 6.97. The van der Waals surface area contributed by atoms with Gasteiger partial charge in [0, 0.05) is 11.0 Å². The van der Waals surface area contributed by atoms with Crippen LogP contribution in [0.3, 0.4) is 0 Å². The summed E-state index contributed by atoms with van der Waals surface area (Å²) in [5.41, 5.74) is 8.17. The standard InChI is InChI=1S/C33H33FO3/c1-20-6-11-30(34)26(15-20)24-10-7-21(16-25(24)27-5-4-13-32(27,2)3)19-37-23-9-8-22-12-14-33(28(22)17-23)18-29(33)31(35)36/h5-11,15-17,29H,4,12-14,18-19H2,1-3H3,(H,35,36)/t29-,33-/m0/s1. The SMILES string of the molecule is Cc1ccc(F)c(-c2ccc(COc3ccc4c(c3)[C@]3(CC4)C[C@H]3C(=O)O)cc2C2=CCCC2(C)C)c1. The van der Waals surface area contributed by atoms with E-state index in [2.05, 4.69) is 38.1 Å². The summed E-state index contributed by atoms with van der Waals surface area (Å²) < 4.78 is 21.2.